The van der Waals surface area contributed by atoms with E-state index < -0.39 is 0 Å². The second kappa shape index (κ2) is 6.16. The third-order valence-electron chi connectivity index (χ3n) is 3.36. The van der Waals surface area contributed by atoms with Crippen molar-refractivity contribution >= 4 is 11.5 Å². The molecule has 0 spiro atoms. The normalized spacial score (nSPS) is 10.1. The molecule has 0 bridgehead atoms. The number of nitrogens with one attached hydrogen (secondary N) is 1. The summed E-state index contributed by atoms with van der Waals surface area (Å²) in [6.07, 6.45) is 1.57. The van der Waals surface area contributed by atoms with Crippen LogP contribution in [0.15, 0.2) is 24.3 Å². The van der Waals surface area contributed by atoms with Gasteiger partial charge in [0.15, 0.2) is 5.82 Å². The number of para-hydroxylation sites is 1. The van der Waals surface area contributed by atoms with E-state index in [9.17, 15) is 5.26 Å². The number of nitriles is 1. The van der Waals surface area contributed by atoms with Crippen LogP contribution >= 0.6 is 0 Å². The fourth-order valence-corrected chi connectivity index (χ4v) is 2.22. The van der Waals surface area contributed by atoms with E-state index in [2.05, 4.69) is 21.6 Å². The van der Waals surface area contributed by atoms with Crippen LogP contribution in [0.1, 0.15) is 36.2 Å². The Hall–Kier alpha value is -2.41. The van der Waals surface area contributed by atoms with E-state index in [0.29, 0.717) is 11.4 Å². The van der Waals surface area contributed by atoms with Gasteiger partial charge in [-0.05, 0) is 37.0 Å². The quantitative estimate of drug-likeness (QED) is 0.919. The number of anilines is 2. The van der Waals surface area contributed by atoms with Gasteiger partial charge in [-0.15, -0.1) is 5.10 Å². The average Bonchev–Trinajstić information content (AvgIpc) is 2.48. The van der Waals surface area contributed by atoms with E-state index in [1.807, 2.05) is 45.0 Å². The summed E-state index contributed by atoms with van der Waals surface area (Å²) in [6, 6.07) is 10.2. The first-order valence-corrected chi connectivity index (χ1v) is 6.82. The molecule has 0 radical (unpaired) electrons. The molecule has 0 unspecified atom stereocenters. The molecule has 0 aliphatic rings. The van der Waals surface area contributed by atoms with Crippen molar-refractivity contribution in [1.29, 1.82) is 5.26 Å². The van der Waals surface area contributed by atoms with Gasteiger partial charge in [0, 0.05) is 5.69 Å². The van der Waals surface area contributed by atoms with Gasteiger partial charge in [-0.1, -0.05) is 32.0 Å². The van der Waals surface area contributed by atoms with Gasteiger partial charge >= 0.3 is 0 Å². The zero-order valence-electron chi connectivity index (χ0n) is 12.1. The van der Waals surface area contributed by atoms with E-state index in [0.717, 1.165) is 35.3 Å². The van der Waals surface area contributed by atoms with Crippen molar-refractivity contribution in [2.75, 3.05) is 5.32 Å². The second-order valence-electron chi connectivity index (χ2n) is 4.61. The van der Waals surface area contributed by atoms with Crippen LogP contribution in [-0.2, 0) is 12.8 Å². The topological polar surface area (TPSA) is 61.6 Å². The van der Waals surface area contributed by atoms with Gasteiger partial charge in [0.25, 0.3) is 0 Å². The highest BCUT2D eigenvalue weighted by Gasteiger charge is 2.14. The maximum atomic E-state index is 9.44. The summed E-state index contributed by atoms with van der Waals surface area (Å²) >= 11 is 0. The van der Waals surface area contributed by atoms with E-state index in [1.165, 1.54) is 0 Å². The van der Waals surface area contributed by atoms with Crippen molar-refractivity contribution in [3.05, 3.63) is 46.6 Å². The number of hydrogen-bond donors (Lipinski definition) is 1. The number of benzene rings is 1. The molecule has 0 fully saturated rings. The number of rotatable bonds is 4. The van der Waals surface area contributed by atoms with Crippen molar-refractivity contribution in [3.8, 4) is 6.07 Å². The maximum Gasteiger partial charge on any atom is 0.171 e. The van der Waals surface area contributed by atoms with Gasteiger partial charge in [0.05, 0.1) is 5.69 Å². The second-order valence-corrected chi connectivity index (χ2v) is 4.61. The molecular formula is C16H18N4. The molecule has 1 N–H and O–H groups in total. The first kappa shape index (κ1) is 14.0. The standard InChI is InChI=1S/C16H18N4/c1-4-12-13(10-17)16(20-19-14(12)5-2)18-15-9-7-6-8-11(15)3/h6-9H,4-5H2,1-3H3,(H,18,20). The molecule has 102 valence electrons. The zero-order chi connectivity index (χ0) is 14.5. The Labute approximate surface area is 119 Å². The van der Waals surface area contributed by atoms with Crippen LogP contribution in [-0.4, -0.2) is 10.2 Å². The van der Waals surface area contributed by atoms with Gasteiger partial charge in [-0.2, -0.15) is 10.4 Å². The minimum absolute atomic E-state index is 0.538. The molecule has 1 heterocycles. The highest BCUT2D eigenvalue weighted by atomic mass is 15.2. The maximum absolute atomic E-state index is 9.44. The van der Waals surface area contributed by atoms with Gasteiger partial charge < -0.3 is 5.32 Å². The summed E-state index contributed by atoms with van der Waals surface area (Å²) in [6.45, 7) is 6.08. The third-order valence-corrected chi connectivity index (χ3v) is 3.36. The lowest BCUT2D eigenvalue weighted by Gasteiger charge is -2.13. The molecule has 20 heavy (non-hydrogen) atoms. The minimum atomic E-state index is 0.538. The molecule has 4 heteroatoms. The average molecular weight is 266 g/mol. The van der Waals surface area contributed by atoms with Crippen LogP contribution in [0.2, 0.25) is 0 Å². The molecule has 4 nitrogen and oxygen atoms in total. The predicted molar refractivity (Wildman–Crippen MR) is 80.0 cm³/mol. The Bertz CT molecular complexity index is 656. The van der Waals surface area contributed by atoms with Crippen molar-refractivity contribution < 1.29 is 0 Å². The van der Waals surface area contributed by atoms with Crippen molar-refractivity contribution in [2.24, 2.45) is 0 Å². The fraction of sp³-hybridized carbons (Fsp3) is 0.312. The van der Waals surface area contributed by atoms with E-state index in [-0.39, 0.29) is 0 Å². The molecule has 0 saturated heterocycles. The number of aryl methyl sites for hydroxylation is 2. The third kappa shape index (κ3) is 2.62. The van der Waals surface area contributed by atoms with Crippen LogP contribution in [0.4, 0.5) is 11.5 Å². The summed E-state index contributed by atoms with van der Waals surface area (Å²) in [5, 5.41) is 21.1. The lowest BCUT2D eigenvalue weighted by molar-refractivity contribution is 0.877. The molecule has 2 rings (SSSR count). The monoisotopic (exact) mass is 266 g/mol. The van der Waals surface area contributed by atoms with Gasteiger partial charge in [-0.25, -0.2) is 0 Å². The SMILES string of the molecule is CCc1nnc(Nc2ccccc2C)c(C#N)c1CC. The van der Waals surface area contributed by atoms with Crippen LogP contribution in [0.5, 0.6) is 0 Å². The smallest absolute Gasteiger partial charge is 0.171 e. The molecular weight excluding hydrogens is 248 g/mol. The molecule has 0 atom stereocenters. The van der Waals surface area contributed by atoms with E-state index in [1.54, 1.807) is 0 Å². The van der Waals surface area contributed by atoms with E-state index >= 15 is 0 Å². The number of nitrogens with zero attached hydrogens (tertiary/aromatic N) is 3. The Balaban J connectivity index is 2.48. The van der Waals surface area contributed by atoms with Crippen molar-refractivity contribution in [1.82, 2.24) is 10.2 Å². The molecule has 0 saturated carbocycles. The van der Waals surface area contributed by atoms with Crippen LogP contribution in [0.3, 0.4) is 0 Å². The summed E-state index contributed by atoms with van der Waals surface area (Å²) in [5.74, 6) is 0.538. The predicted octanol–water partition coefficient (Wildman–Crippen LogP) is 3.53. The van der Waals surface area contributed by atoms with Crippen LogP contribution in [0, 0.1) is 18.3 Å². The Morgan fingerprint density at radius 2 is 1.90 bits per heavy atom. The Kier molecular flexibility index (Phi) is 4.31. The minimum Gasteiger partial charge on any atom is -0.337 e. The highest BCUT2D eigenvalue weighted by molar-refractivity contribution is 5.66. The summed E-state index contributed by atoms with van der Waals surface area (Å²) in [7, 11) is 0. The lowest BCUT2D eigenvalue weighted by Crippen LogP contribution is -2.07. The van der Waals surface area contributed by atoms with E-state index in [4.69, 9.17) is 0 Å². The van der Waals surface area contributed by atoms with Crippen LogP contribution in [0.25, 0.3) is 0 Å². The van der Waals surface area contributed by atoms with Gasteiger partial charge in [0.1, 0.15) is 11.6 Å². The zero-order valence-corrected chi connectivity index (χ0v) is 12.1. The lowest BCUT2D eigenvalue weighted by atomic mass is 10.0. The molecule has 1 aromatic carbocycles. The first-order chi connectivity index (χ1) is 9.71. The molecule has 0 amide bonds. The summed E-state index contributed by atoms with van der Waals surface area (Å²) in [5.41, 5.74) is 4.54. The summed E-state index contributed by atoms with van der Waals surface area (Å²) < 4.78 is 0. The molecule has 0 aliphatic carbocycles. The summed E-state index contributed by atoms with van der Waals surface area (Å²) in [4.78, 5) is 0. The molecule has 0 aliphatic heterocycles. The van der Waals surface area contributed by atoms with Gasteiger partial charge in [0.2, 0.25) is 0 Å². The van der Waals surface area contributed by atoms with Crippen molar-refractivity contribution in [2.45, 2.75) is 33.6 Å². The van der Waals surface area contributed by atoms with Crippen LogP contribution < -0.4 is 5.32 Å². The van der Waals surface area contributed by atoms with Gasteiger partial charge in [-0.3, -0.25) is 0 Å². The Morgan fingerprint density at radius 3 is 2.50 bits per heavy atom. The highest BCUT2D eigenvalue weighted by Crippen LogP contribution is 2.24. The molecule has 1 aromatic heterocycles. The van der Waals surface area contributed by atoms with Crippen molar-refractivity contribution in [3.63, 3.8) is 0 Å². The molecule has 2 aromatic rings. The Morgan fingerprint density at radius 1 is 1.15 bits per heavy atom. The largest absolute Gasteiger partial charge is 0.337 e. The first-order valence-electron chi connectivity index (χ1n) is 6.82. The number of aromatic nitrogens is 2. The number of hydrogen-bond acceptors (Lipinski definition) is 4. The fourth-order valence-electron chi connectivity index (χ4n) is 2.22.